The molecule has 0 aliphatic rings. The Morgan fingerprint density at radius 3 is 2.43 bits per heavy atom. The molecule has 5 heteroatoms. The van der Waals surface area contributed by atoms with E-state index in [0.29, 0.717) is 19.4 Å². The van der Waals surface area contributed by atoms with Gasteiger partial charge in [-0.05, 0) is 19.4 Å². The van der Waals surface area contributed by atoms with Gasteiger partial charge in [0.2, 0.25) is 11.8 Å². The van der Waals surface area contributed by atoms with E-state index in [-0.39, 0.29) is 11.8 Å². The summed E-state index contributed by atoms with van der Waals surface area (Å²) in [7, 11) is 1.62. The molecule has 0 fully saturated rings. The molecule has 14 heavy (non-hydrogen) atoms. The summed E-state index contributed by atoms with van der Waals surface area (Å²) in [5.74, 6) is -0.218. The Bertz CT molecular complexity index is 183. The topological polar surface area (TPSA) is 84.2 Å². The first-order valence-corrected chi connectivity index (χ1v) is 4.86. The Morgan fingerprint density at radius 2 is 1.86 bits per heavy atom. The highest BCUT2D eigenvalue weighted by Gasteiger charge is 1.97. The normalized spacial score (nSPS) is 9.79. The van der Waals surface area contributed by atoms with Crippen LogP contribution in [0.25, 0.3) is 0 Å². The van der Waals surface area contributed by atoms with Gasteiger partial charge in [-0.15, -0.1) is 0 Å². The lowest BCUT2D eigenvalue weighted by molar-refractivity contribution is -0.120. The average Bonchev–Trinajstić information content (AvgIpc) is 2.15. The van der Waals surface area contributed by atoms with Gasteiger partial charge in [0.1, 0.15) is 0 Å². The van der Waals surface area contributed by atoms with E-state index in [2.05, 4.69) is 10.6 Å². The van der Waals surface area contributed by atoms with Crippen molar-refractivity contribution in [1.82, 2.24) is 10.6 Å². The van der Waals surface area contributed by atoms with Crippen molar-refractivity contribution in [3.8, 4) is 0 Å². The van der Waals surface area contributed by atoms with Gasteiger partial charge in [0, 0.05) is 26.4 Å². The zero-order chi connectivity index (χ0) is 10.8. The molecule has 0 saturated carbocycles. The molecular formula is C9H19N3O2. The smallest absolute Gasteiger partial charge is 0.221 e. The van der Waals surface area contributed by atoms with Crippen LogP contribution >= 0.6 is 0 Å². The van der Waals surface area contributed by atoms with Crippen LogP contribution < -0.4 is 16.4 Å². The monoisotopic (exact) mass is 201 g/mol. The van der Waals surface area contributed by atoms with Gasteiger partial charge in [0.05, 0.1) is 0 Å². The molecule has 5 nitrogen and oxygen atoms in total. The lowest BCUT2D eigenvalue weighted by atomic mass is 10.2. The van der Waals surface area contributed by atoms with E-state index in [1.165, 1.54) is 0 Å². The number of amides is 2. The first-order chi connectivity index (χ1) is 6.66. The van der Waals surface area contributed by atoms with E-state index in [1.807, 2.05) is 0 Å². The Balaban J connectivity index is 3.06. The van der Waals surface area contributed by atoms with E-state index in [4.69, 9.17) is 5.73 Å². The molecule has 0 aliphatic carbocycles. The lowest BCUT2D eigenvalue weighted by Crippen LogP contribution is -2.25. The second kappa shape index (κ2) is 8.50. The van der Waals surface area contributed by atoms with Crippen LogP contribution in [-0.4, -0.2) is 32.0 Å². The van der Waals surface area contributed by atoms with E-state index < -0.39 is 0 Å². The van der Waals surface area contributed by atoms with E-state index in [1.54, 1.807) is 7.05 Å². The van der Waals surface area contributed by atoms with Crippen LogP contribution in [0.15, 0.2) is 0 Å². The molecule has 0 atom stereocenters. The SMILES string of the molecule is CNC(=O)CCNCCCCC(N)=O. The van der Waals surface area contributed by atoms with Gasteiger partial charge in [-0.1, -0.05) is 0 Å². The summed E-state index contributed by atoms with van der Waals surface area (Å²) in [6.07, 6.45) is 2.66. The van der Waals surface area contributed by atoms with Crippen LogP contribution in [-0.2, 0) is 9.59 Å². The summed E-state index contributed by atoms with van der Waals surface area (Å²) in [4.78, 5) is 21.1. The molecule has 0 saturated heterocycles. The zero-order valence-corrected chi connectivity index (χ0v) is 8.64. The van der Waals surface area contributed by atoms with E-state index in [9.17, 15) is 9.59 Å². The third-order valence-corrected chi connectivity index (χ3v) is 1.83. The Hall–Kier alpha value is -1.10. The van der Waals surface area contributed by atoms with Crippen molar-refractivity contribution in [2.45, 2.75) is 25.7 Å². The fourth-order valence-electron chi connectivity index (χ4n) is 1.00. The molecule has 0 aliphatic heterocycles. The second-order valence-electron chi connectivity index (χ2n) is 3.10. The van der Waals surface area contributed by atoms with Gasteiger partial charge in [-0.25, -0.2) is 0 Å². The van der Waals surface area contributed by atoms with Crippen LogP contribution in [0, 0.1) is 0 Å². The van der Waals surface area contributed by atoms with Gasteiger partial charge in [0.15, 0.2) is 0 Å². The van der Waals surface area contributed by atoms with Gasteiger partial charge < -0.3 is 16.4 Å². The predicted molar refractivity (Wildman–Crippen MR) is 54.6 cm³/mol. The first-order valence-electron chi connectivity index (χ1n) is 4.86. The third kappa shape index (κ3) is 8.99. The Kier molecular flexibility index (Phi) is 7.83. The number of hydrogen-bond donors (Lipinski definition) is 3. The molecule has 0 spiro atoms. The summed E-state index contributed by atoms with van der Waals surface area (Å²) >= 11 is 0. The third-order valence-electron chi connectivity index (χ3n) is 1.83. The summed E-state index contributed by atoms with van der Waals surface area (Å²) < 4.78 is 0. The quantitative estimate of drug-likeness (QED) is 0.457. The minimum absolute atomic E-state index is 0.0367. The molecular weight excluding hydrogens is 182 g/mol. The van der Waals surface area contributed by atoms with Crippen molar-refractivity contribution in [3.05, 3.63) is 0 Å². The lowest BCUT2D eigenvalue weighted by Gasteiger charge is -2.03. The highest BCUT2D eigenvalue weighted by molar-refractivity contribution is 5.75. The molecule has 0 rings (SSSR count). The standard InChI is InChI=1S/C9H19N3O2/c1-11-9(14)5-7-12-6-3-2-4-8(10)13/h12H,2-7H2,1H3,(H2,10,13)(H,11,14). The van der Waals surface area contributed by atoms with Gasteiger partial charge in [-0.2, -0.15) is 0 Å². The first kappa shape index (κ1) is 12.9. The maximum atomic E-state index is 10.8. The second-order valence-corrected chi connectivity index (χ2v) is 3.10. The number of hydrogen-bond acceptors (Lipinski definition) is 3. The van der Waals surface area contributed by atoms with Crippen LogP contribution in [0.2, 0.25) is 0 Å². The molecule has 0 aromatic heterocycles. The van der Waals surface area contributed by atoms with Gasteiger partial charge >= 0.3 is 0 Å². The number of nitrogens with one attached hydrogen (secondary N) is 2. The zero-order valence-electron chi connectivity index (χ0n) is 8.64. The maximum absolute atomic E-state index is 10.8. The fourth-order valence-corrected chi connectivity index (χ4v) is 1.00. The molecule has 0 bridgehead atoms. The van der Waals surface area contributed by atoms with Crippen molar-refractivity contribution >= 4 is 11.8 Å². The Labute approximate surface area is 84.4 Å². The highest BCUT2D eigenvalue weighted by atomic mass is 16.1. The molecule has 0 heterocycles. The number of carbonyl (C=O) groups excluding carboxylic acids is 2. The van der Waals surface area contributed by atoms with E-state index >= 15 is 0 Å². The summed E-state index contributed by atoms with van der Waals surface area (Å²) in [6, 6.07) is 0. The van der Waals surface area contributed by atoms with Crippen LogP contribution in [0.3, 0.4) is 0 Å². The van der Waals surface area contributed by atoms with Crippen LogP contribution in [0.4, 0.5) is 0 Å². The molecule has 0 aromatic carbocycles. The summed E-state index contributed by atoms with van der Waals surface area (Å²) in [5, 5.41) is 5.65. The average molecular weight is 201 g/mol. The molecule has 0 aromatic rings. The highest BCUT2D eigenvalue weighted by Crippen LogP contribution is 1.92. The number of primary amides is 1. The fraction of sp³-hybridized carbons (Fsp3) is 0.778. The van der Waals surface area contributed by atoms with E-state index in [0.717, 1.165) is 19.4 Å². The largest absolute Gasteiger partial charge is 0.370 e. The van der Waals surface area contributed by atoms with Crippen molar-refractivity contribution < 1.29 is 9.59 Å². The van der Waals surface area contributed by atoms with Gasteiger partial charge in [-0.3, -0.25) is 9.59 Å². The van der Waals surface area contributed by atoms with Crippen LogP contribution in [0.1, 0.15) is 25.7 Å². The Morgan fingerprint density at radius 1 is 1.14 bits per heavy atom. The van der Waals surface area contributed by atoms with Crippen LogP contribution in [0.5, 0.6) is 0 Å². The summed E-state index contributed by atoms with van der Waals surface area (Å²) in [5.41, 5.74) is 4.98. The van der Waals surface area contributed by atoms with Crippen molar-refractivity contribution in [2.75, 3.05) is 20.1 Å². The molecule has 2 amide bonds. The predicted octanol–water partition coefficient (Wildman–Crippen LogP) is -0.632. The molecule has 4 N–H and O–H groups in total. The minimum atomic E-state index is -0.254. The van der Waals surface area contributed by atoms with Gasteiger partial charge in [0.25, 0.3) is 0 Å². The molecule has 82 valence electrons. The number of rotatable bonds is 8. The van der Waals surface area contributed by atoms with Crippen molar-refractivity contribution in [2.24, 2.45) is 5.73 Å². The minimum Gasteiger partial charge on any atom is -0.370 e. The number of carbonyl (C=O) groups is 2. The molecule has 0 radical (unpaired) electrons. The van der Waals surface area contributed by atoms with Crippen molar-refractivity contribution in [1.29, 1.82) is 0 Å². The maximum Gasteiger partial charge on any atom is 0.221 e. The van der Waals surface area contributed by atoms with Crippen molar-refractivity contribution in [3.63, 3.8) is 0 Å². The molecule has 0 unspecified atom stereocenters. The summed E-state index contributed by atoms with van der Waals surface area (Å²) in [6.45, 7) is 1.50. The number of nitrogens with two attached hydrogens (primary N) is 1. The number of unbranched alkanes of at least 4 members (excludes halogenated alkanes) is 1.